The molecule has 0 bridgehead atoms. The number of aryl methyl sites for hydroxylation is 2. The molecule has 0 fully saturated rings. The van der Waals surface area contributed by atoms with Crippen molar-refractivity contribution in [2.75, 3.05) is 5.73 Å². The van der Waals surface area contributed by atoms with Crippen LogP contribution < -0.4 is 5.73 Å². The average molecular weight is 340 g/mol. The number of fused-ring (bicyclic) bond motifs is 4. The van der Waals surface area contributed by atoms with Crippen molar-refractivity contribution < 1.29 is 0 Å². The molecule has 26 heavy (non-hydrogen) atoms. The van der Waals surface area contributed by atoms with Crippen LogP contribution in [0.1, 0.15) is 5.56 Å². The average Bonchev–Trinajstić information content (AvgIpc) is 2.99. The number of benzene rings is 2. The molecule has 126 valence electrons. The second kappa shape index (κ2) is 5.77. The van der Waals surface area contributed by atoms with Crippen LogP contribution in [0.2, 0.25) is 0 Å². The molecule has 3 heterocycles. The summed E-state index contributed by atoms with van der Waals surface area (Å²) in [5.74, 6) is 0.433. The van der Waals surface area contributed by atoms with E-state index in [-0.39, 0.29) is 0 Å². The van der Waals surface area contributed by atoms with Gasteiger partial charge < -0.3 is 10.3 Å². The first-order chi connectivity index (χ1) is 12.8. The number of hydrogen-bond acceptors (Lipinski definition) is 5. The Morgan fingerprint density at radius 2 is 1.54 bits per heavy atom. The quantitative estimate of drug-likeness (QED) is 0.544. The molecule has 2 N–H and O–H groups in total. The minimum absolute atomic E-state index is 0.433. The van der Waals surface area contributed by atoms with Crippen LogP contribution in [0.4, 0.5) is 5.82 Å². The zero-order valence-corrected chi connectivity index (χ0v) is 14.0. The molecule has 5 rings (SSSR count). The molecule has 6 heteroatoms. The number of hydrogen-bond donors (Lipinski definition) is 1. The largest absolute Gasteiger partial charge is 0.383 e. The van der Waals surface area contributed by atoms with Crippen LogP contribution in [0.3, 0.4) is 0 Å². The molecule has 6 nitrogen and oxygen atoms in total. The lowest BCUT2D eigenvalue weighted by molar-refractivity contribution is 0.731. The molecule has 0 amide bonds. The topological polar surface area (TPSA) is 82.5 Å². The van der Waals surface area contributed by atoms with E-state index < -0.39 is 0 Å². The van der Waals surface area contributed by atoms with E-state index in [1.807, 2.05) is 30.3 Å². The first kappa shape index (κ1) is 14.8. The van der Waals surface area contributed by atoms with E-state index in [0.717, 1.165) is 46.2 Å². The molecule has 0 atom stereocenters. The predicted octanol–water partition coefficient (Wildman–Crippen LogP) is 3.35. The molecule has 0 spiro atoms. The SMILES string of the molecule is Nc1ncnc2c1c1nc3ccccc3nc1n2CCc1ccccc1. The number of nitrogens with two attached hydrogens (primary N) is 1. The summed E-state index contributed by atoms with van der Waals surface area (Å²) in [6.45, 7) is 0.744. The van der Waals surface area contributed by atoms with Crippen molar-refractivity contribution in [1.29, 1.82) is 0 Å². The zero-order chi connectivity index (χ0) is 17.5. The monoisotopic (exact) mass is 340 g/mol. The molecule has 0 radical (unpaired) electrons. The Morgan fingerprint density at radius 1 is 0.808 bits per heavy atom. The molecule has 0 aliphatic carbocycles. The molecular weight excluding hydrogens is 324 g/mol. The van der Waals surface area contributed by atoms with Crippen molar-refractivity contribution in [1.82, 2.24) is 24.5 Å². The highest BCUT2D eigenvalue weighted by Crippen LogP contribution is 2.30. The third-order valence-electron chi connectivity index (χ3n) is 4.62. The number of rotatable bonds is 3. The lowest BCUT2D eigenvalue weighted by atomic mass is 10.1. The number of nitrogens with zero attached hydrogens (tertiary/aromatic N) is 5. The highest BCUT2D eigenvalue weighted by molar-refractivity contribution is 6.09. The maximum atomic E-state index is 6.15. The van der Waals surface area contributed by atoms with Crippen molar-refractivity contribution in [2.24, 2.45) is 0 Å². The summed E-state index contributed by atoms with van der Waals surface area (Å²) in [6, 6.07) is 18.2. The molecule has 2 aromatic carbocycles. The first-order valence-electron chi connectivity index (χ1n) is 8.50. The van der Waals surface area contributed by atoms with E-state index in [9.17, 15) is 0 Å². The number of para-hydroxylation sites is 2. The van der Waals surface area contributed by atoms with Gasteiger partial charge in [0, 0.05) is 6.54 Å². The molecule has 5 aromatic rings. The van der Waals surface area contributed by atoms with Crippen LogP contribution in [-0.4, -0.2) is 24.5 Å². The highest BCUT2D eigenvalue weighted by atomic mass is 15.1. The van der Waals surface area contributed by atoms with Crippen molar-refractivity contribution in [3.63, 3.8) is 0 Å². The first-order valence-corrected chi connectivity index (χ1v) is 8.50. The summed E-state index contributed by atoms with van der Waals surface area (Å²) in [5, 5.41) is 0.772. The fraction of sp³-hybridized carbons (Fsp3) is 0.100. The van der Waals surface area contributed by atoms with Gasteiger partial charge in [-0.2, -0.15) is 0 Å². The van der Waals surface area contributed by atoms with Gasteiger partial charge in [0.05, 0.1) is 16.4 Å². The maximum absolute atomic E-state index is 6.15. The van der Waals surface area contributed by atoms with E-state index in [1.165, 1.54) is 11.9 Å². The highest BCUT2D eigenvalue weighted by Gasteiger charge is 2.18. The van der Waals surface area contributed by atoms with Crippen LogP contribution in [0.25, 0.3) is 33.2 Å². The third-order valence-corrected chi connectivity index (χ3v) is 4.62. The summed E-state index contributed by atoms with van der Waals surface area (Å²) >= 11 is 0. The molecule has 0 aliphatic heterocycles. The van der Waals surface area contributed by atoms with Crippen LogP contribution in [-0.2, 0) is 13.0 Å². The summed E-state index contributed by atoms with van der Waals surface area (Å²) in [7, 11) is 0. The molecule has 0 aliphatic rings. The molecule has 3 aromatic heterocycles. The van der Waals surface area contributed by atoms with Crippen molar-refractivity contribution in [2.45, 2.75) is 13.0 Å². The zero-order valence-electron chi connectivity index (χ0n) is 14.0. The fourth-order valence-corrected chi connectivity index (χ4v) is 3.37. The standard InChI is InChI=1S/C20H16N6/c21-18-16-17-20(25-15-9-5-4-8-14(15)24-17)26(19(16)23-12-22-18)11-10-13-6-2-1-3-7-13/h1-9,12H,10-11H2,(H2,21,22,23). The Hall–Kier alpha value is -3.54. The van der Waals surface area contributed by atoms with E-state index in [4.69, 9.17) is 15.7 Å². The smallest absolute Gasteiger partial charge is 0.161 e. The normalized spacial score (nSPS) is 11.5. The summed E-state index contributed by atoms with van der Waals surface area (Å²) in [4.78, 5) is 18.3. The third kappa shape index (κ3) is 2.27. The van der Waals surface area contributed by atoms with Gasteiger partial charge in [-0.25, -0.2) is 19.9 Å². The number of anilines is 1. The number of aromatic nitrogens is 5. The minimum atomic E-state index is 0.433. The van der Waals surface area contributed by atoms with Gasteiger partial charge in [-0.1, -0.05) is 42.5 Å². The van der Waals surface area contributed by atoms with E-state index in [1.54, 1.807) is 0 Å². The van der Waals surface area contributed by atoms with Crippen molar-refractivity contribution in [3.05, 3.63) is 66.5 Å². The van der Waals surface area contributed by atoms with Gasteiger partial charge in [0.2, 0.25) is 0 Å². The lowest BCUT2D eigenvalue weighted by Crippen LogP contribution is -2.04. The fourth-order valence-electron chi connectivity index (χ4n) is 3.37. The van der Waals surface area contributed by atoms with Crippen LogP contribution >= 0.6 is 0 Å². The van der Waals surface area contributed by atoms with E-state index in [2.05, 4.69) is 38.8 Å². The summed E-state index contributed by atoms with van der Waals surface area (Å²) < 4.78 is 2.09. The molecule has 0 saturated carbocycles. The van der Waals surface area contributed by atoms with Crippen molar-refractivity contribution >= 4 is 39.0 Å². The Morgan fingerprint density at radius 3 is 2.35 bits per heavy atom. The molecule has 0 unspecified atom stereocenters. The lowest BCUT2D eigenvalue weighted by Gasteiger charge is -2.06. The van der Waals surface area contributed by atoms with Gasteiger partial charge in [0.25, 0.3) is 0 Å². The molecule has 0 saturated heterocycles. The second-order valence-electron chi connectivity index (χ2n) is 6.23. The van der Waals surface area contributed by atoms with Gasteiger partial charge in [-0.3, -0.25) is 0 Å². The van der Waals surface area contributed by atoms with Crippen LogP contribution in [0.5, 0.6) is 0 Å². The maximum Gasteiger partial charge on any atom is 0.161 e. The van der Waals surface area contributed by atoms with Crippen LogP contribution in [0, 0.1) is 0 Å². The number of nitrogen functional groups attached to an aromatic ring is 1. The van der Waals surface area contributed by atoms with Crippen molar-refractivity contribution in [3.8, 4) is 0 Å². The van der Waals surface area contributed by atoms with Gasteiger partial charge in [0.15, 0.2) is 5.65 Å². The second-order valence-corrected chi connectivity index (χ2v) is 6.23. The Labute approximate surface area is 149 Å². The van der Waals surface area contributed by atoms with E-state index >= 15 is 0 Å². The minimum Gasteiger partial charge on any atom is -0.383 e. The predicted molar refractivity (Wildman–Crippen MR) is 103 cm³/mol. The molecular formula is C20H16N6. The van der Waals surface area contributed by atoms with Gasteiger partial charge in [-0.15, -0.1) is 0 Å². The summed E-state index contributed by atoms with van der Waals surface area (Å²) in [6.07, 6.45) is 2.37. The summed E-state index contributed by atoms with van der Waals surface area (Å²) in [5.41, 5.74) is 11.4. The van der Waals surface area contributed by atoms with Crippen LogP contribution in [0.15, 0.2) is 60.9 Å². The van der Waals surface area contributed by atoms with Gasteiger partial charge in [-0.05, 0) is 24.1 Å². The van der Waals surface area contributed by atoms with Gasteiger partial charge in [0.1, 0.15) is 23.3 Å². The Bertz CT molecular complexity index is 1240. The Balaban J connectivity index is 1.76. The Kier molecular flexibility index (Phi) is 3.28. The van der Waals surface area contributed by atoms with E-state index in [0.29, 0.717) is 5.82 Å². The van der Waals surface area contributed by atoms with Gasteiger partial charge >= 0.3 is 0 Å².